The lowest BCUT2D eigenvalue weighted by Crippen LogP contribution is -2.25. The van der Waals surface area contributed by atoms with Crippen LogP contribution in [0.5, 0.6) is 0 Å². The quantitative estimate of drug-likeness (QED) is 0.137. The van der Waals surface area contributed by atoms with Crippen LogP contribution in [0.15, 0.2) is 242 Å². The van der Waals surface area contributed by atoms with E-state index in [9.17, 15) is 5.48 Å². The number of aromatic nitrogens is 2. The van der Waals surface area contributed by atoms with Crippen LogP contribution in [0.1, 0.15) is 70.5 Å². The van der Waals surface area contributed by atoms with E-state index < -0.39 is 96.1 Å². The standard InChI is InChI=1S/C66H54N4/c1-65(2,50-28-15-8-16-29-50)53-38-39-67-63(44-53)70-59-33-18-17-32-55(59)56-37-36-52(43-62(56)70)66(3,4)51-30-21-31-54(42-51)68-45-69(61-35-20-19-34-60(61)68)64-57(47-24-11-6-12-25-47)40-49(46-22-9-5-10-23-46)41-58(64)48-26-13-7-14-27-48/h5-44H,45H2,1-4H3/i5D,6D,7D,9D,10D,11D,12D,13D,14D,22D,23D,24D,25D,26D,27D. The van der Waals surface area contributed by atoms with Crippen LogP contribution >= 0.6 is 0 Å². The number of para-hydroxylation sites is 3. The van der Waals surface area contributed by atoms with Crippen molar-refractivity contribution in [3.8, 4) is 39.2 Å². The van der Waals surface area contributed by atoms with E-state index >= 15 is 0 Å². The molecular formula is C66H54N4. The Labute approximate surface area is 432 Å². The summed E-state index contributed by atoms with van der Waals surface area (Å²) in [4.78, 5) is 8.82. The summed E-state index contributed by atoms with van der Waals surface area (Å²) in [5, 5.41) is 2.16. The monoisotopic (exact) mass is 918 g/mol. The molecule has 0 atom stereocenters. The molecule has 4 heteroatoms. The second-order valence-electron chi connectivity index (χ2n) is 18.6. The Morgan fingerprint density at radius 3 is 1.66 bits per heavy atom. The van der Waals surface area contributed by atoms with Gasteiger partial charge in [-0.1, -0.05) is 203 Å². The number of hydrogen-bond acceptors (Lipinski definition) is 3. The minimum absolute atomic E-state index is 0.0340. The van der Waals surface area contributed by atoms with Gasteiger partial charge in [-0.25, -0.2) is 4.98 Å². The summed E-state index contributed by atoms with van der Waals surface area (Å²) in [5.74, 6) is 0.787. The molecule has 0 N–H and O–H groups in total. The van der Waals surface area contributed by atoms with Crippen molar-refractivity contribution >= 4 is 44.6 Å². The zero-order valence-electron chi connectivity index (χ0n) is 53.9. The normalized spacial score (nSPS) is 15.7. The van der Waals surface area contributed by atoms with Crippen molar-refractivity contribution < 1.29 is 20.6 Å². The van der Waals surface area contributed by atoms with E-state index in [1.807, 2.05) is 59.6 Å². The number of anilines is 4. The second-order valence-corrected chi connectivity index (χ2v) is 18.6. The van der Waals surface area contributed by atoms with Crippen molar-refractivity contribution in [2.45, 2.75) is 38.5 Å². The largest absolute Gasteiger partial charge is 0.321 e. The highest BCUT2D eigenvalue weighted by molar-refractivity contribution is 6.09. The number of nitrogens with zero attached hydrogens (tertiary/aromatic N) is 4. The molecule has 0 amide bonds. The molecule has 70 heavy (non-hydrogen) atoms. The van der Waals surface area contributed by atoms with Crippen molar-refractivity contribution in [1.82, 2.24) is 9.55 Å². The maximum Gasteiger partial charge on any atom is 0.137 e. The van der Waals surface area contributed by atoms with Crippen molar-refractivity contribution in [3.05, 3.63) is 265 Å². The topological polar surface area (TPSA) is 24.3 Å². The van der Waals surface area contributed by atoms with E-state index in [0.717, 1.165) is 50.0 Å². The van der Waals surface area contributed by atoms with Gasteiger partial charge in [-0.15, -0.1) is 0 Å². The zero-order valence-corrected chi connectivity index (χ0v) is 38.9. The van der Waals surface area contributed by atoms with Crippen LogP contribution < -0.4 is 9.80 Å². The Morgan fingerprint density at radius 2 is 0.971 bits per heavy atom. The highest BCUT2D eigenvalue weighted by Crippen LogP contribution is 2.52. The highest BCUT2D eigenvalue weighted by Gasteiger charge is 2.33. The van der Waals surface area contributed by atoms with Crippen molar-refractivity contribution in [2.75, 3.05) is 16.5 Å². The van der Waals surface area contributed by atoms with Gasteiger partial charge in [-0.3, -0.25) is 4.57 Å². The molecule has 0 unspecified atom stereocenters. The Bertz CT molecular complexity index is 4440. The predicted octanol–water partition coefficient (Wildman–Crippen LogP) is 17.1. The number of fused-ring (bicyclic) bond motifs is 4. The van der Waals surface area contributed by atoms with E-state index in [1.54, 1.807) is 11.0 Å². The van der Waals surface area contributed by atoms with E-state index in [0.29, 0.717) is 11.4 Å². The summed E-state index contributed by atoms with van der Waals surface area (Å²) in [7, 11) is 0. The Hall–Kier alpha value is -8.47. The molecule has 0 spiro atoms. The fourth-order valence-electron chi connectivity index (χ4n) is 10.0. The number of benzene rings is 9. The maximum atomic E-state index is 9.39. The molecule has 0 radical (unpaired) electrons. The fraction of sp³-hybridized carbons (Fsp3) is 0.106. The molecule has 0 fully saturated rings. The van der Waals surface area contributed by atoms with Crippen molar-refractivity contribution in [3.63, 3.8) is 0 Å². The van der Waals surface area contributed by atoms with Gasteiger partial charge in [0, 0.05) is 44.6 Å². The molecule has 11 aromatic rings. The number of pyridine rings is 1. The first kappa shape index (κ1) is 29.4. The van der Waals surface area contributed by atoms with Crippen LogP contribution in [0.25, 0.3) is 61.0 Å². The van der Waals surface area contributed by atoms with E-state index in [4.69, 9.17) is 20.1 Å². The molecular weight excluding hydrogens is 849 g/mol. The Kier molecular flexibility index (Phi) is 7.25. The zero-order chi connectivity index (χ0) is 60.5. The summed E-state index contributed by atoms with van der Waals surface area (Å²) in [6.45, 7) is 8.74. The molecule has 9 aromatic carbocycles. The van der Waals surface area contributed by atoms with Gasteiger partial charge in [0.2, 0.25) is 0 Å². The highest BCUT2D eigenvalue weighted by atomic mass is 15.4. The van der Waals surface area contributed by atoms with Gasteiger partial charge < -0.3 is 9.80 Å². The lowest BCUT2D eigenvalue weighted by atomic mass is 9.77. The molecule has 4 nitrogen and oxygen atoms in total. The second kappa shape index (κ2) is 17.2. The minimum Gasteiger partial charge on any atom is -0.321 e. The smallest absolute Gasteiger partial charge is 0.137 e. The van der Waals surface area contributed by atoms with E-state index in [2.05, 4.69) is 111 Å². The average molecular weight is 918 g/mol. The van der Waals surface area contributed by atoms with Gasteiger partial charge >= 0.3 is 0 Å². The number of rotatable bonds is 10. The van der Waals surface area contributed by atoms with Gasteiger partial charge in [0.05, 0.1) is 48.7 Å². The molecule has 1 aliphatic heterocycles. The third-order valence-electron chi connectivity index (χ3n) is 13.9. The van der Waals surface area contributed by atoms with Gasteiger partial charge in [-0.05, 0) is 105 Å². The van der Waals surface area contributed by atoms with Crippen LogP contribution in [0.3, 0.4) is 0 Å². The average Bonchev–Trinajstić information content (AvgIpc) is 1.85. The SMILES string of the molecule is [2H]c1c([2H])c([2H])c(-c2cc(-c3c([2H])c([2H])c([2H])c([2H])c3[2H])c(N3CN(c4cccc(C(C)(C)c5ccc6c7ccccc7n(-c7cc(C(C)(C)c8ccccc8)ccn7)c6c5)c4)c4ccccc43)c(-c3c([2H])c([2H])c([2H])c([2H])c3[2H])c2)c([2H])c1[2H]. The first-order chi connectivity index (χ1) is 40.4. The van der Waals surface area contributed by atoms with Crippen LogP contribution in [0, 0.1) is 0 Å². The summed E-state index contributed by atoms with van der Waals surface area (Å²) >= 11 is 0. The molecule has 3 heterocycles. The maximum absolute atomic E-state index is 9.39. The van der Waals surface area contributed by atoms with Crippen LogP contribution in [0.2, 0.25) is 0 Å². The first-order valence-electron chi connectivity index (χ1n) is 30.7. The molecule has 12 rings (SSSR count). The summed E-state index contributed by atoms with van der Waals surface area (Å²) in [6, 6.07) is 38.0. The predicted molar refractivity (Wildman–Crippen MR) is 294 cm³/mol. The van der Waals surface area contributed by atoms with Gasteiger partial charge in [0.15, 0.2) is 0 Å². The molecule has 338 valence electrons. The van der Waals surface area contributed by atoms with Crippen molar-refractivity contribution in [1.29, 1.82) is 0 Å². The van der Waals surface area contributed by atoms with Crippen LogP contribution in [0.4, 0.5) is 22.7 Å². The summed E-state index contributed by atoms with van der Waals surface area (Å²) in [6.07, 6.45) is 1.87. The molecule has 0 bridgehead atoms. The minimum atomic E-state index is -0.684. The lowest BCUT2D eigenvalue weighted by Gasteiger charge is -2.30. The summed E-state index contributed by atoms with van der Waals surface area (Å²) < 4.78 is 136. The first-order valence-corrected chi connectivity index (χ1v) is 23.2. The molecule has 1 aliphatic rings. The molecule has 2 aromatic heterocycles. The third kappa shape index (κ3) is 7.35. The number of hydrogen-bond donors (Lipinski definition) is 0. The van der Waals surface area contributed by atoms with Crippen LogP contribution in [-0.4, -0.2) is 16.2 Å². The van der Waals surface area contributed by atoms with Gasteiger partial charge in [0.1, 0.15) is 12.5 Å². The van der Waals surface area contributed by atoms with E-state index in [1.165, 1.54) is 17.7 Å². The van der Waals surface area contributed by atoms with Crippen LogP contribution in [-0.2, 0) is 10.8 Å². The van der Waals surface area contributed by atoms with Gasteiger partial charge in [-0.2, -0.15) is 0 Å². The Morgan fingerprint density at radius 1 is 0.429 bits per heavy atom. The fourth-order valence-corrected chi connectivity index (χ4v) is 10.0. The molecule has 0 aliphatic carbocycles. The summed E-state index contributed by atoms with van der Waals surface area (Å²) in [5.41, 5.74) is 6.06. The van der Waals surface area contributed by atoms with Crippen molar-refractivity contribution in [2.24, 2.45) is 0 Å². The van der Waals surface area contributed by atoms with E-state index in [-0.39, 0.29) is 51.2 Å². The van der Waals surface area contributed by atoms with Gasteiger partial charge in [0.25, 0.3) is 0 Å². The lowest BCUT2D eigenvalue weighted by molar-refractivity contribution is 0.638. The Balaban J connectivity index is 1.04. The molecule has 0 saturated heterocycles. The third-order valence-corrected chi connectivity index (χ3v) is 13.9. The molecule has 0 saturated carbocycles.